The molecule has 14 heavy (non-hydrogen) atoms. The Morgan fingerprint density at radius 1 is 1.57 bits per heavy atom. The summed E-state index contributed by atoms with van der Waals surface area (Å²) in [5.41, 5.74) is 0. The Labute approximate surface area is 93.5 Å². The molecule has 0 fully saturated rings. The van der Waals surface area contributed by atoms with E-state index < -0.39 is 9.05 Å². The van der Waals surface area contributed by atoms with Gasteiger partial charge in [0.1, 0.15) is 0 Å². The van der Waals surface area contributed by atoms with Gasteiger partial charge in [0.05, 0.1) is 0 Å². The second kappa shape index (κ2) is 3.10. The quantitative estimate of drug-likeness (QED) is 0.748. The number of aryl methyl sites for hydroxylation is 1. The van der Waals surface area contributed by atoms with Crippen molar-refractivity contribution in [2.24, 2.45) is 0 Å². The predicted molar refractivity (Wildman–Crippen MR) is 55.9 cm³/mol. The van der Waals surface area contributed by atoms with Crippen LogP contribution >= 0.6 is 33.6 Å². The summed E-state index contributed by atoms with van der Waals surface area (Å²) in [5, 5.41) is -0.258. The average Bonchev–Trinajstić information content (AvgIpc) is 2.38. The summed E-state index contributed by atoms with van der Waals surface area (Å²) in [4.78, 5) is 5.34. The SMILES string of the molecule is Cc1cn2c(S(=O)(=O)Cl)c(Cl)nc2s1. The smallest absolute Gasteiger partial charge is 0.278 e. The van der Waals surface area contributed by atoms with Gasteiger partial charge in [0.2, 0.25) is 0 Å². The number of nitrogens with zero attached hydrogens (tertiary/aromatic N) is 2. The zero-order chi connectivity index (χ0) is 10.5. The van der Waals surface area contributed by atoms with Crippen molar-refractivity contribution in [1.82, 2.24) is 9.38 Å². The molecule has 0 aliphatic heterocycles. The molecule has 8 heteroatoms. The molecule has 0 amide bonds. The maximum Gasteiger partial charge on any atom is 0.280 e. The molecule has 0 saturated carbocycles. The number of hydrogen-bond acceptors (Lipinski definition) is 4. The van der Waals surface area contributed by atoms with Crippen LogP contribution in [-0.2, 0) is 9.05 Å². The second-order valence-electron chi connectivity index (χ2n) is 2.64. The van der Waals surface area contributed by atoms with E-state index in [1.807, 2.05) is 6.92 Å². The lowest BCUT2D eigenvalue weighted by Gasteiger charge is -1.92. The number of rotatable bonds is 1. The highest BCUT2D eigenvalue weighted by Gasteiger charge is 2.23. The third-order valence-electron chi connectivity index (χ3n) is 1.59. The molecule has 0 saturated heterocycles. The van der Waals surface area contributed by atoms with Crippen molar-refractivity contribution >= 4 is 47.6 Å². The number of thiazole rings is 1. The highest BCUT2D eigenvalue weighted by atomic mass is 35.7. The van der Waals surface area contributed by atoms with Gasteiger partial charge in [0, 0.05) is 21.8 Å². The lowest BCUT2D eigenvalue weighted by Crippen LogP contribution is -1.95. The Balaban J connectivity index is 2.92. The van der Waals surface area contributed by atoms with Crippen LogP contribution in [0.5, 0.6) is 0 Å². The van der Waals surface area contributed by atoms with E-state index in [1.165, 1.54) is 15.7 Å². The van der Waals surface area contributed by atoms with Crippen LogP contribution in [0.4, 0.5) is 0 Å². The van der Waals surface area contributed by atoms with Crippen LogP contribution in [0.2, 0.25) is 5.15 Å². The molecule has 0 atom stereocenters. The summed E-state index contributed by atoms with van der Waals surface area (Å²) in [6.45, 7) is 1.85. The zero-order valence-corrected chi connectivity index (χ0v) is 10.0. The lowest BCUT2D eigenvalue weighted by atomic mass is 10.6. The molecular weight excluding hydrogens is 267 g/mol. The maximum atomic E-state index is 11.2. The maximum absolute atomic E-state index is 11.2. The van der Waals surface area contributed by atoms with Crippen LogP contribution in [0.25, 0.3) is 4.96 Å². The van der Waals surface area contributed by atoms with Crippen LogP contribution in [0.1, 0.15) is 4.88 Å². The standard InChI is InChI=1S/C6H4Cl2N2O2S2/c1-3-2-10-5(14(8,11)12)4(7)9-6(10)13-3/h2H,1H3. The number of aromatic nitrogens is 2. The first-order valence-corrected chi connectivity index (χ1v) is 6.98. The molecule has 0 spiro atoms. The van der Waals surface area contributed by atoms with Gasteiger partial charge in [-0.25, -0.2) is 13.4 Å². The first kappa shape index (κ1) is 10.2. The van der Waals surface area contributed by atoms with Crippen molar-refractivity contribution in [3.8, 4) is 0 Å². The van der Waals surface area contributed by atoms with Crippen LogP contribution in [0.3, 0.4) is 0 Å². The van der Waals surface area contributed by atoms with Gasteiger partial charge in [-0.1, -0.05) is 11.6 Å². The highest BCUT2D eigenvalue weighted by Crippen LogP contribution is 2.29. The monoisotopic (exact) mass is 270 g/mol. The minimum atomic E-state index is -3.86. The normalized spacial score (nSPS) is 12.5. The summed E-state index contributed by atoms with van der Waals surface area (Å²) < 4.78 is 23.7. The van der Waals surface area contributed by atoms with E-state index in [0.717, 1.165) is 4.88 Å². The predicted octanol–water partition coefficient (Wildman–Crippen LogP) is 2.29. The highest BCUT2D eigenvalue weighted by molar-refractivity contribution is 8.13. The molecule has 76 valence electrons. The van der Waals surface area contributed by atoms with E-state index in [-0.39, 0.29) is 10.2 Å². The molecule has 4 nitrogen and oxygen atoms in total. The Morgan fingerprint density at radius 3 is 2.79 bits per heavy atom. The van der Waals surface area contributed by atoms with Crippen molar-refractivity contribution in [2.45, 2.75) is 11.9 Å². The molecule has 2 aromatic rings. The molecule has 0 unspecified atom stereocenters. The molecule has 0 radical (unpaired) electrons. The number of halogens is 2. The molecule has 2 heterocycles. The first-order valence-electron chi connectivity index (χ1n) is 3.48. The van der Waals surface area contributed by atoms with Gasteiger partial charge in [-0.15, -0.1) is 11.3 Å². The molecular formula is C6H4Cl2N2O2S2. The molecule has 0 bridgehead atoms. The fraction of sp³-hybridized carbons (Fsp3) is 0.167. The third-order valence-corrected chi connectivity index (χ3v) is 4.15. The van der Waals surface area contributed by atoms with Crippen LogP contribution in [-0.4, -0.2) is 17.8 Å². The van der Waals surface area contributed by atoms with Crippen LogP contribution in [0.15, 0.2) is 11.2 Å². The third kappa shape index (κ3) is 1.52. The first-order chi connectivity index (χ1) is 6.39. The summed E-state index contributed by atoms with van der Waals surface area (Å²) >= 11 is 7.00. The Bertz CT molecular complexity index is 599. The number of hydrogen-bond donors (Lipinski definition) is 0. The van der Waals surface area contributed by atoms with Crippen molar-refractivity contribution in [3.05, 3.63) is 16.2 Å². The van der Waals surface area contributed by atoms with Gasteiger partial charge in [0.15, 0.2) is 15.1 Å². The van der Waals surface area contributed by atoms with E-state index in [9.17, 15) is 8.42 Å². The van der Waals surface area contributed by atoms with Gasteiger partial charge in [-0.3, -0.25) is 4.40 Å². The lowest BCUT2D eigenvalue weighted by molar-refractivity contribution is 0.605. The fourth-order valence-electron chi connectivity index (χ4n) is 1.13. The van der Waals surface area contributed by atoms with Gasteiger partial charge in [-0.2, -0.15) is 0 Å². The van der Waals surface area contributed by atoms with Gasteiger partial charge < -0.3 is 0 Å². The summed E-state index contributed by atoms with van der Waals surface area (Å²) in [7, 11) is 1.37. The minimum absolute atomic E-state index is 0.0914. The fourth-order valence-corrected chi connectivity index (χ4v) is 3.72. The van der Waals surface area contributed by atoms with Crippen molar-refractivity contribution in [2.75, 3.05) is 0 Å². The van der Waals surface area contributed by atoms with Gasteiger partial charge in [0.25, 0.3) is 9.05 Å². The van der Waals surface area contributed by atoms with E-state index >= 15 is 0 Å². The largest absolute Gasteiger partial charge is 0.280 e. The Kier molecular flexibility index (Phi) is 2.26. The topological polar surface area (TPSA) is 51.4 Å². The molecule has 0 aromatic carbocycles. The van der Waals surface area contributed by atoms with Crippen molar-refractivity contribution < 1.29 is 8.42 Å². The molecule has 0 aliphatic carbocycles. The van der Waals surface area contributed by atoms with Crippen molar-refractivity contribution in [3.63, 3.8) is 0 Å². The second-order valence-corrected chi connectivity index (χ2v) is 6.69. The van der Waals surface area contributed by atoms with Crippen LogP contribution < -0.4 is 0 Å². The average molecular weight is 271 g/mol. The van der Waals surface area contributed by atoms with Crippen molar-refractivity contribution in [1.29, 1.82) is 0 Å². The molecule has 0 N–H and O–H groups in total. The molecule has 2 rings (SSSR count). The number of fused-ring (bicyclic) bond motifs is 1. The summed E-state index contributed by atoms with van der Waals surface area (Å²) in [6.07, 6.45) is 1.63. The van der Waals surface area contributed by atoms with Crippen LogP contribution in [0, 0.1) is 6.92 Å². The summed E-state index contributed by atoms with van der Waals surface area (Å²) in [6, 6.07) is 0. The van der Waals surface area contributed by atoms with E-state index in [1.54, 1.807) is 6.20 Å². The Morgan fingerprint density at radius 2 is 2.21 bits per heavy atom. The van der Waals surface area contributed by atoms with E-state index in [0.29, 0.717) is 4.96 Å². The van der Waals surface area contributed by atoms with E-state index in [2.05, 4.69) is 4.98 Å². The van der Waals surface area contributed by atoms with Gasteiger partial charge in [-0.05, 0) is 6.92 Å². The van der Waals surface area contributed by atoms with Gasteiger partial charge >= 0.3 is 0 Å². The minimum Gasteiger partial charge on any atom is -0.278 e. The zero-order valence-electron chi connectivity index (χ0n) is 6.86. The van der Waals surface area contributed by atoms with E-state index in [4.69, 9.17) is 22.3 Å². The molecule has 2 aromatic heterocycles. The number of imidazole rings is 1. The molecule has 0 aliphatic rings. The summed E-state index contributed by atoms with van der Waals surface area (Å²) in [5.74, 6) is 0. The Hall–Kier alpha value is -0.300.